The summed E-state index contributed by atoms with van der Waals surface area (Å²) >= 11 is 3.38. The van der Waals surface area contributed by atoms with Crippen molar-refractivity contribution in [2.24, 2.45) is 0 Å². The molecule has 0 aliphatic rings. The Bertz CT molecular complexity index is 861. The SMILES string of the molecule is Cc1ccc(CNc2ccc(NC(=O)c3ccccc3Br)cn2)cc1. The van der Waals surface area contributed by atoms with Crippen LogP contribution in [0.25, 0.3) is 0 Å². The minimum atomic E-state index is -0.172. The van der Waals surface area contributed by atoms with Crippen molar-refractivity contribution in [3.8, 4) is 0 Å². The molecule has 0 unspecified atom stereocenters. The zero-order valence-electron chi connectivity index (χ0n) is 13.8. The first-order chi connectivity index (χ1) is 12.1. The molecule has 126 valence electrons. The molecule has 0 fully saturated rings. The number of carbonyl (C=O) groups excluding carboxylic acids is 1. The molecule has 0 saturated carbocycles. The van der Waals surface area contributed by atoms with Crippen LogP contribution in [0.1, 0.15) is 21.5 Å². The van der Waals surface area contributed by atoms with Crippen molar-refractivity contribution in [2.45, 2.75) is 13.5 Å². The van der Waals surface area contributed by atoms with E-state index >= 15 is 0 Å². The third kappa shape index (κ3) is 4.67. The molecule has 3 rings (SSSR count). The van der Waals surface area contributed by atoms with E-state index in [1.54, 1.807) is 12.3 Å². The van der Waals surface area contributed by atoms with Crippen molar-refractivity contribution in [1.82, 2.24) is 4.98 Å². The van der Waals surface area contributed by atoms with Crippen LogP contribution in [-0.4, -0.2) is 10.9 Å². The maximum Gasteiger partial charge on any atom is 0.256 e. The van der Waals surface area contributed by atoms with Gasteiger partial charge in [0.1, 0.15) is 5.82 Å². The van der Waals surface area contributed by atoms with Crippen molar-refractivity contribution in [3.63, 3.8) is 0 Å². The number of nitrogens with zero attached hydrogens (tertiary/aromatic N) is 1. The Morgan fingerprint density at radius 1 is 1.04 bits per heavy atom. The van der Waals surface area contributed by atoms with E-state index in [1.807, 2.05) is 30.3 Å². The maximum absolute atomic E-state index is 12.3. The molecular formula is C20H18BrN3O. The quantitative estimate of drug-likeness (QED) is 0.637. The highest BCUT2D eigenvalue weighted by atomic mass is 79.9. The predicted octanol–water partition coefficient (Wildman–Crippen LogP) is 5.02. The van der Waals surface area contributed by atoms with Gasteiger partial charge in [0, 0.05) is 11.0 Å². The lowest BCUT2D eigenvalue weighted by molar-refractivity contribution is 0.102. The second-order valence-electron chi connectivity index (χ2n) is 5.71. The van der Waals surface area contributed by atoms with Crippen molar-refractivity contribution < 1.29 is 4.79 Å². The molecular weight excluding hydrogens is 378 g/mol. The van der Waals surface area contributed by atoms with E-state index in [2.05, 4.69) is 62.7 Å². The fourth-order valence-corrected chi connectivity index (χ4v) is 2.78. The molecule has 1 aromatic heterocycles. The Morgan fingerprint density at radius 2 is 1.80 bits per heavy atom. The van der Waals surface area contributed by atoms with Gasteiger partial charge >= 0.3 is 0 Å². The number of pyridine rings is 1. The van der Waals surface area contributed by atoms with Crippen LogP contribution in [0.5, 0.6) is 0 Å². The van der Waals surface area contributed by atoms with Crippen LogP contribution in [0.3, 0.4) is 0 Å². The highest BCUT2D eigenvalue weighted by molar-refractivity contribution is 9.10. The molecule has 4 nitrogen and oxygen atoms in total. The van der Waals surface area contributed by atoms with Gasteiger partial charge in [0.05, 0.1) is 17.4 Å². The van der Waals surface area contributed by atoms with E-state index in [9.17, 15) is 4.79 Å². The molecule has 1 amide bonds. The summed E-state index contributed by atoms with van der Waals surface area (Å²) in [6.07, 6.45) is 1.65. The van der Waals surface area contributed by atoms with Crippen LogP contribution in [0.2, 0.25) is 0 Å². The fourth-order valence-electron chi connectivity index (χ4n) is 2.31. The first kappa shape index (κ1) is 17.2. The van der Waals surface area contributed by atoms with Crippen molar-refractivity contribution in [2.75, 3.05) is 10.6 Å². The van der Waals surface area contributed by atoms with Crippen LogP contribution in [-0.2, 0) is 6.54 Å². The summed E-state index contributed by atoms with van der Waals surface area (Å²) in [6, 6.07) is 19.4. The number of carbonyl (C=O) groups is 1. The van der Waals surface area contributed by atoms with Gasteiger partial charge in [0.15, 0.2) is 0 Å². The molecule has 1 heterocycles. The lowest BCUT2D eigenvalue weighted by Crippen LogP contribution is -2.12. The molecule has 3 aromatic rings. The van der Waals surface area contributed by atoms with Gasteiger partial charge in [-0.15, -0.1) is 0 Å². The number of hydrogen-bond acceptors (Lipinski definition) is 3. The first-order valence-electron chi connectivity index (χ1n) is 7.93. The van der Waals surface area contributed by atoms with E-state index < -0.39 is 0 Å². The number of aryl methyl sites for hydroxylation is 1. The number of nitrogens with one attached hydrogen (secondary N) is 2. The lowest BCUT2D eigenvalue weighted by Gasteiger charge is -2.09. The van der Waals surface area contributed by atoms with E-state index in [-0.39, 0.29) is 5.91 Å². The Hall–Kier alpha value is -2.66. The molecule has 5 heteroatoms. The first-order valence-corrected chi connectivity index (χ1v) is 8.72. The van der Waals surface area contributed by atoms with Crippen molar-refractivity contribution in [1.29, 1.82) is 0 Å². The summed E-state index contributed by atoms with van der Waals surface area (Å²) in [5.41, 5.74) is 3.68. The number of aromatic nitrogens is 1. The van der Waals surface area contributed by atoms with Crippen molar-refractivity contribution >= 4 is 33.3 Å². The molecule has 0 aliphatic carbocycles. The van der Waals surface area contributed by atoms with Gasteiger partial charge in [0.25, 0.3) is 5.91 Å². The number of anilines is 2. The number of halogens is 1. The normalized spacial score (nSPS) is 10.3. The Labute approximate surface area is 155 Å². The molecule has 0 aliphatic heterocycles. The lowest BCUT2D eigenvalue weighted by atomic mass is 10.1. The highest BCUT2D eigenvalue weighted by Crippen LogP contribution is 2.18. The van der Waals surface area contributed by atoms with Crippen LogP contribution >= 0.6 is 15.9 Å². The minimum Gasteiger partial charge on any atom is -0.366 e. The molecule has 0 spiro atoms. The molecule has 0 radical (unpaired) electrons. The smallest absolute Gasteiger partial charge is 0.256 e. The Morgan fingerprint density at radius 3 is 2.48 bits per heavy atom. The Balaban J connectivity index is 1.59. The molecule has 2 N–H and O–H groups in total. The summed E-state index contributed by atoms with van der Waals surface area (Å²) in [7, 11) is 0. The maximum atomic E-state index is 12.3. The van der Waals surface area contributed by atoms with Crippen molar-refractivity contribution in [3.05, 3.63) is 88.0 Å². The summed E-state index contributed by atoms with van der Waals surface area (Å²) < 4.78 is 0.761. The summed E-state index contributed by atoms with van der Waals surface area (Å²) in [5, 5.41) is 6.12. The third-order valence-corrected chi connectivity index (χ3v) is 4.43. The summed E-state index contributed by atoms with van der Waals surface area (Å²) in [5.74, 6) is 0.592. The van der Waals surface area contributed by atoms with Crippen LogP contribution in [0, 0.1) is 6.92 Å². The Kier molecular flexibility index (Phi) is 5.46. The second kappa shape index (κ2) is 7.94. The molecule has 2 aromatic carbocycles. The third-order valence-electron chi connectivity index (χ3n) is 3.73. The number of hydrogen-bond donors (Lipinski definition) is 2. The average Bonchev–Trinajstić information content (AvgIpc) is 2.63. The monoisotopic (exact) mass is 395 g/mol. The zero-order valence-corrected chi connectivity index (χ0v) is 15.4. The van der Waals surface area contributed by atoms with Gasteiger partial charge in [-0.25, -0.2) is 4.98 Å². The molecule has 0 bridgehead atoms. The predicted molar refractivity (Wildman–Crippen MR) is 105 cm³/mol. The van der Waals surface area contributed by atoms with E-state index in [4.69, 9.17) is 0 Å². The number of amides is 1. The average molecular weight is 396 g/mol. The topological polar surface area (TPSA) is 54.0 Å². The van der Waals surface area contributed by atoms with Gasteiger partial charge < -0.3 is 10.6 Å². The largest absolute Gasteiger partial charge is 0.366 e. The number of benzene rings is 2. The van der Waals surface area contributed by atoms with Gasteiger partial charge in [-0.05, 0) is 52.7 Å². The van der Waals surface area contributed by atoms with Gasteiger partial charge in [-0.3, -0.25) is 4.79 Å². The number of rotatable bonds is 5. The molecule has 0 saturated heterocycles. The standard InChI is InChI=1S/C20H18BrN3O/c1-14-6-8-15(9-7-14)12-22-19-11-10-16(13-23-19)24-20(25)17-4-2-3-5-18(17)21/h2-11,13H,12H2,1H3,(H,22,23)(H,24,25). The van der Waals surface area contributed by atoms with Gasteiger partial charge in [0.2, 0.25) is 0 Å². The summed E-state index contributed by atoms with van der Waals surface area (Å²) in [6.45, 7) is 2.77. The fraction of sp³-hybridized carbons (Fsp3) is 0.100. The summed E-state index contributed by atoms with van der Waals surface area (Å²) in [4.78, 5) is 16.6. The van der Waals surface area contributed by atoms with E-state index in [1.165, 1.54) is 11.1 Å². The highest BCUT2D eigenvalue weighted by Gasteiger charge is 2.09. The van der Waals surface area contributed by atoms with E-state index in [0.717, 1.165) is 10.3 Å². The molecule has 25 heavy (non-hydrogen) atoms. The second-order valence-corrected chi connectivity index (χ2v) is 6.56. The van der Waals surface area contributed by atoms with Crippen LogP contribution in [0.4, 0.5) is 11.5 Å². The minimum absolute atomic E-state index is 0.172. The van der Waals surface area contributed by atoms with Gasteiger partial charge in [-0.1, -0.05) is 42.0 Å². The van der Waals surface area contributed by atoms with Crippen LogP contribution in [0.15, 0.2) is 71.3 Å². The van der Waals surface area contributed by atoms with Crippen LogP contribution < -0.4 is 10.6 Å². The zero-order chi connectivity index (χ0) is 17.6. The van der Waals surface area contributed by atoms with E-state index in [0.29, 0.717) is 17.8 Å². The molecule has 0 atom stereocenters. The van der Waals surface area contributed by atoms with Gasteiger partial charge in [-0.2, -0.15) is 0 Å².